The summed E-state index contributed by atoms with van der Waals surface area (Å²) in [7, 11) is -7.65. The lowest BCUT2D eigenvalue weighted by Crippen LogP contribution is -2.45. The Balaban J connectivity index is 1.77. The number of anilines is 3. The molecular formula is C24H26ClN3O5S2. The first kappa shape index (κ1) is 26.5. The molecule has 0 aliphatic rings. The summed E-state index contributed by atoms with van der Waals surface area (Å²) in [5.74, 6) is -0.570. The van der Waals surface area contributed by atoms with Crippen LogP contribution in [0.5, 0.6) is 0 Å². The molecule has 0 fully saturated rings. The number of aryl methyl sites for hydroxylation is 1. The van der Waals surface area contributed by atoms with Crippen LogP contribution in [0.3, 0.4) is 0 Å². The molecule has 8 nitrogen and oxygen atoms in total. The Labute approximate surface area is 211 Å². The molecule has 0 heterocycles. The second-order valence-electron chi connectivity index (χ2n) is 8.10. The largest absolute Gasteiger partial charge is 0.324 e. The molecule has 0 saturated carbocycles. The third kappa shape index (κ3) is 6.33. The van der Waals surface area contributed by atoms with Gasteiger partial charge in [0.2, 0.25) is 15.9 Å². The van der Waals surface area contributed by atoms with Crippen molar-refractivity contribution in [3.05, 3.63) is 82.9 Å². The van der Waals surface area contributed by atoms with Crippen LogP contribution in [0.4, 0.5) is 17.1 Å². The Morgan fingerprint density at radius 3 is 2.09 bits per heavy atom. The number of halogens is 1. The van der Waals surface area contributed by atoms with E-state index in [0.717, 1.165) is 16.1 Å². The van der Waals surface area contributed by atoms with Gasteiger partial charge in [-0.25, -0.2) is 16.8 Å². The van der Waals surface area contributed by atoms with E-state index in [1.165, 1.54) is 31.2 Å². The SMILES string of the molecule is Cc1ccc(N([C@H](C)C(=O)Nc2ccc(S(=O)(=O)Nc3cccc(Cl)c3C)cc2)S(C)(=O)=O)cc1. The molecule has 0 bridgehead atoms. The van der Waals surface area contributed by atoms with E-state index in [4.69, 9.17) is 11.6 Å². The third-order valence-corrected chi connectivity index (χ3v) is 8.35. The van der Waals surface area contributed by atoms with E-state index in [1.807, 2.05) is 6.92 Å². The van der Waals surface area contributed by atoms with Gasteiger partial charge < -0.3 is 5.32 Å². The van der Waals surface area contributed by atoms with Gasteiger partial charge in [-0.15, -0.1) is 0 Å². The van der Waals surface area contributed by atoms with Gasteiger partial charge in [-0.3, -0.25) is 13.8 Å². The standard InChI is InChI=1S/C24H26ClN3O5S2/c1-16-8-12-20(13-9-16)28(34(4,30)31)18(3)24(29)26-19-10-14-21(15-11-19)35(32,33)27-23-7-5-6-22(25)17(23)2/h5-15,18,27H,1-4H3,(H,26,29)/t18-/m1/s1. The maximum Gasteiger partial charge on any atom is 0.261 e. The molecule has 3 aromatic carbocycles. The van der Waals surface area contributed by atoms with Gasteiger partial charge in [-0.05, 0) is 74.9 Å². The van der Waals surface area contributed by atoms with E-state index in [0.29, 0.717) is 27.6 Å². The maximum absolute atomic E-state index is 12.9. The minimum atomic E-state index is -3.90. The van der Waals surface area contributed by atoms with Gasteiger partial charge in [0, 0.05) is 10.7 Å². The highest BCUT2D eigenvalue weighted by atomic mass is 35.5. The topological polar surface area (TPSA) is 113 Å². The number of amides is 1. The molecule has 0 aliphatic carbocycles. The summed E-state index contributed by atoms with van der Waals surface area (Å²) in [4.78, 5) is 12.9. The predicted molar refractivity (Wildman–Crippen MR) is 140 cm³/mol. The van der Waals surface area contributed by atoms with Crippen molar-refractivity contribution in [3.8, 4) is 0 Å². The van der Waals surface area contributed by atoms with Crippen molar-refractivity contribution in [3.63, 3.8) is 0 Å². The van der Waals surface area contributed by atoms with Crippen LogP contribution in [-0.2, 0) is 24.8 Å². The highest BCUT2D eigenvalue weighted by Gasteiger charge is 2.29. The lowest BCUT2D eigenvalue weighted by Gasteiger charge is -2.28. The molecule has 2 N–H and O–H groups in total. The van der Waals surface area contributed by atoms with E-state index >= 15 is 0 Å². The molecule has 1 atom stereocenters. The third-order valence-electron chi connectivity index (χ3n) is 5.32. The number of nitrogens with one attached hydrogen (secondary N) is 2. The van der Waals surface area contributed by atoms with Crippen molar-refractivity contribution in [2.75, 3.05) is 20.6 Å². The van der Waals surface area contributed by atoms with Crippen LogP contribution in [0.2, 0.25) is 5.02 Å². The average Bonchev–Trinajstić information content (AvgIpc) is 2.77. The van der Waals surface area contributed by atoms with Crippen LogP contribution in [0.15, 0.2) is 71.6 Å². The van der Waals surface area contributed by atoms with Gasteiger partial charge in [0.15, 0.2) is 0 Å². The zero-order valence-electron chi connectivity index (χ0n) is 19.6. The van der Waals surface area contributed by atoms with Crippen molar-refractivity contribution in [2.45, 2.75) is 31.7 Å². The summed E-state index contributed by atoms with van der Waals surface area (Å²) in [6.07, 6.45) is 1.03. The van der Waals surface area contributed by atoms with Crippen LogP contribution in [-0.4, -0.2) is 35.0 Å². The van der Waals surface area contributed by atoms with E-state index in [9.17, 15) is 21.6 Å². The summed E-state index contributed by atoms with van der Waals surface area (Å²) in [6, 6.07) is 16.2. The van der Waals surface area contributed by atoms with Crippen LogP contribution in [0, 0.1) is 13.8 Å². The summed E-state index contributed by atoms with van der Waals surface area (Å²) >= 11 is 6.06. The zero-order valence-corrected chi connectivity index (χ0v) is 22.0. The summed E-state index contributed by atoms with van der Waals surface area (Å²) in [5, 5.41) is 3.08. The van der Waals surface area contributed by atoms with Gasteiger partial charge in [-0.1, -0.05) is 35.4 Å². The lowest BCUT2D eigenvalue weighted by atomic mass is 10.2. The van der Waals surface area contributed by atoms with E-state index in [1.54, 1.807) is 49.4 Å². The lowest BCUT2D eigenvalue weighted by molar-refractivity contribution is -0.116. The van der Waals surface area contributed by atoms with Crippen LogP contribution >= 0.6 is 11.6 Å². The molecule has 0 aromatic heterocycles. The average molecular weight is 536 g/mol. The number of sulfonamides is 2. The van der Waals surface area contributed by atoms with E-state index < -0.39 is 32.0 Å². The molecule has 0 saturated heterocycles. The number of carbonyl (C=O) groups is 1. The normalized spacial score (nSPS) is 12.6. The molecular weight excluding hydrogens is 510 g/mol. The first-order valence-electron chi connectivity index (χ1n) is 10.5. The molecule has 186 valence electrons. The Hall–Kier alpha value is -3.08. The summed E-state index contributed by atoms with van der Waals surface area (Å²) in [6.45, 7) is 5.06. The van der Waals surface area contributed by atoms with Gasteiger partial charge in [-0.2, -0.15) is 0 Å². The predicted octanol–water partition coefficient (Wildman–Crippen LogP) is 4.55. The first-order valence-corrected chi connectivity index (χ1v) is 14.3. The van der Waals surface area contributed by atoms with Crippen LogP contribution in [0.25, 0.3) is 0 Å². The minimum Gasteiger partial charge on any atom is -0.324 e. The second kappa shape index (κ2) is 10.3. The van der Waals surface area contributed by atoms with E-state index in [2.05, 4.69) is 10.0 Å². The molecule has 0 aliphatic heterocycles. The number of carbonyl (C=O) groups excluding carboxylic acids is 1. The number of rotatable bonds is 8. The molecule has 11 heteroatoms. The summed E-state index contributed by atoms with van der Waals surface area (Å²) in [5.41, 5.74) is 2.59. The Bertz CT molecular complexity index is 1440. The fourth-order valence-electron chi connectivity index (χ4n) is 3.39. The van der Waals surface area contributed by atoms with Gasteiger partial charge in [0.1, 0.15) is 6.04 Å². The number of hydrogen-bond acceptors (Lipinski definition) is 5. The molecule has 0 spiro atoms. The molecule has 3 rings (SSSR count). The van der Waals surface area contributed by atoms with Crippen LogP contribution in [0.1, 0.15) is 18.1 Å². The Kier molecular flexibility index (Phi) is 7.78. The first-order chi connectivity index (χ1) is 16.3. The molecule has 35 heavy (non-hydrogen) atoms. The van der Waals surface area contributed by atoms with Crippen molar-refractivity contribution >= 4 is 54.6 Å². The number of nitrogens with zero attached hydrogens (tertiary/aromatic N) is 1. The minimum absolute atomic E-state index is 0.0136. The second-order valence-corrected chi connectivity index (χ2v) is 12.1. The highest BCUT2D eigenvalue weighted by molar-refractivity contribution is 7.92. The zero-order chi connectivity index (χ0) is 26.0. The highest BCUT2D eigenvalue weighted by Crippen LogP contribution is 2.26. The number of benzene rings is 3. The van der Waals surface area contributed by atoms with Crippen LogP contribution < -0.4 is 14.3 Å². The number of hydrogen-bond donors (Lipinski definition) is 2. The maximum atomic E-state index is 12.9. The van der Waals surface area contributed by atoms with Crippen molar-refractivity contribution < 1.29 is 21.6 Å². The Morgan fingerprint density at radius 1 is 0.914 bits per heavy atom. The molecule has 3 aromatic rings. The van der Waals surface area contributed by atoms with Gasteiger partial charge in [0.05, 0.1) is 22.5 Å². The fourth-order valence-corrected chi connectivity index (χ4v) is 5.86. The van der Waals surface area contributed by atoms with Crippen molar-refractivity contribution in [1.29, 1.82) is 0 Å². The van der Waals surface area contributed by atoms with Gasteiger partial charge >= 0.3 is 0 Å². The Morgan fingerprint density at radius 2 is 1.51 bits per heavy atom. The summed E-state index contributed by atoms with van der Waals surface area (Å²) < 4.78 is 53.9. The molecule has 0 unspecified atom stereocenters. The quantitative estimate of drug-likeness (QED) is 0.439. The monoisotopic (exact) mass is 535 g/mol. The van der Waals surface area contributed by atoms with Crippen molar-refractivity contribution in [2.24, 2.45) is 0 Å². The fraction of sp³-hybridized carbons (Fsp3) is 0.208. The molecule has 0 radical (unpaired) electrons. The van der Waals surface area contributed by atoms with Crippen molar-refractivity contribution in [1.82, 2.24) is 0 Å². The van der Waals surface area contributed by atoms with E-state index in [-0.39, 0.29) is 4.90 Å². The van der Waals surface area contributed by atoms with Gasteiger partial charge in [0.25, 0.3) is 10.0 Å². The molecule has 1 amide bonds. The smallest absolute Gasteiger partial charge is 0.261 e.